The average Bonchev–Trinajstić information content (AvgIpc) is 2.26. The normalized spacial score (nSPS) is 47.7. The summed E-state index contributed by atoms with van der Waals surface area (Å²) >= 11 is 0. The Morgan fingerprint density at radius 3 is 2.09 bits per heavy atom. The van der Waals surface area contributed by atoms with Gasteiger partial charge in [-0.2, -0.15) is 0 Å². The molecule has 1 spiro atoms. The monoisotopic (exact) mass is 161 g/mol. The smallest absolute Gasteiger partial charge is 0.248 e. The Morgan fingerprint density at radius 2 is 1.91 bits per heavy atom. The highest BCUT2D eigenvalue weighted by atomic mass is 19.3. The van der Waals surface area contributed by atoms with E-state index in [0.29, 0.717) is 6.42 Å². The number of hydrogen-bond donors (Lipinski definition) is 1. The predicted octanol–water partition coefficient (Wildman–Crippen LogP) is 1.91. The van der Waals surface area contributed by atoms with Crippen LogP contribution in [-0.2, 0) is 0 Å². The van der Waals surface area contributed by atoms with Crippen molar-refractivity contribution in [2.24, 2.45) is 11.1 Å². The minimum atomic E-state index is -2.42. The summed E-state index contributed by atoms with van der Waals surface area (Å²) in [6.45, 7) is 0. The molecule has 0 aromatic carbocycles. The van der Waals surface area contributed by atoms with Gasteiger partial charge in [0.05, 0.1) is 0 Å². The highest BCUT2D eigenvalue weighted by Gasteiger charge is 2.56. The lowest BCUT2D eigenvalue weighted by Gasteiger charge is -2.45. The molecule has 0 radical (unpaired) electrons. The second-order valence-corrected chi connectivity index (χ2v) is 4.04. The van der Waals surface area contributed by atoms with E-state index < -0.39 is 5.92 Å². The molecule has 0 aromatic rings. The maximum absolute atomic E-state index is 12.8. The van der Waals surface area contributed by atoms with Crippen LogP contribution in [0.25, 0.3) is 0 Å². The van der Waals surface area contributed by atoms with Crippen molar-refractivity contribution in [1.29, 1.82) is 0 Å². The van der Waals surface area contributed by atoms with Crippen molar-refractivity contribution in [3.8, 4) is 0 Å². The molecule has 2 aliphatic rings. The van der Waals surface area contributed by atoms with Gasteiger partial charge >= 0.3 is 0 Å². The summed E-state index contributed by atoms with van der Waals surface area (Å²) in [6, 6.07) is 0.0517. The SMILES string of the molecule is NC1CCC12CCC(F)(F)C2. The summed E-state index contributed by atoms with van der Waals surface area (Å²) < 4.78 is 25.6. The lowest BCUT2D eigenvalue weighted by atomic mass is 9.63. The van der Waals surface area contributed by atoms with Crippen molar-refractivity contribution in [2.45, 2.75) is 44.1 Å². The minimum Gasteiger partial charge on any atom is -0.327 e. The lowest BCUT2D eigenvalue weighted by molar-refractivity contribution is -0.0220. The molecule has 2 rings (SSSR count). The van der Waals surface area contributed by atoms with Crippen LogP contribution in [0.3, 0.4) is 0 Å². The molecule has 2 unspecified atom stereocenters. The third-order valence-electron chi connectivity index (χ3n) is 3.34. The van der Waals surface area contributed by atoms with Gasteiger partial charge in [-0.1, -0.05) is 0 Å². The fraction of sp³-hybridized carbons (Fsp3) is 1.00. The Balaban J connectivity index is 2.09. The summed E-state index contributed by atoms with van der Waals surface area (Å²) in [4.78, 5) is 0. The third kappa shape index (κ3) is 0.975. The molecule has 0 heterocycles. The fourth-order valence-corrected chi connectivity index (χ4v) is 2.37. The van der Waals surface area contributed by atoms with Crippen LogP contribution in [0.1, 0.15) is 32.1 Å². The number of rotatable bonds is 0. The van der Waals surface area contributed by atoms with Crippen molar-refractivity contribution >= 4 is 0 Å². The molecule has 2 N–H and O–H groups in total. The zero-order valence-electron chi connectivity index (χ0n) is 6.45. The van der Waals surface area contributed by atoms with Gasteiger partial charge in [-0.15, -0.1) is 0 Å². The van der Waals surface area contributed by atoms with E-state index >= 15 is 0 Å². The Bertz CT molecular complexity index is 181. The number of nitrogens with two attached hydrogens (primary N) is 1. The van der Waals surface area contributed by atoms with E-state index in [1.807, 2.05) is 0 Å². The van der Waals surface area contributed by atoms with Crippen molar-refractivity contribution in [3.63, 3.8) is 0 Å². The van der Waals surface area contributed by atoms with Gasteiger partial charge in [-0.05, 0) is 24.7 Å². The molecule has 0 amide bonds. The van der Waals surface area contributed by atoms with Gasteiger partial charge in [0.25, 0.3) is 0 Å². The molecular weight excluding hydrogens is 148 g/mol. The van der Waals surface area contributed by atoms with Crippen LogP contribution < -0.4 is 5.73 Å². The standard InChI is InChI=1S/C8H13F2N/c9-8(10)4-3-7(5-8)2-1-6(7)11/h6H,1-5,11H2. The van der Waals surface area contributed by atoms with E-state index in [4.69, 9.17) is 5.73 Å². The lowest BCUT2D eigenvalue weighted by Crippen LogP contribution is -2.49. The first kappa shape index (κ1) is 7.47. The van der Waals surface area contributed by atoms with E-state index in [2.05, 4.69) is 0 Å². The summed E-state index contributed by atoms with van der Waals surface area (Å²) in [5.41, 5.74) is 5.54. The molecule has 2 atom stereocenters. The minimum absolute atomic E-state index is 0.0428. The van der Waals surface area contributed by atoms with Crippen LogP contribution in [-0.4, -0.2) is 12.0 Å². The molecule has 2 aliphatic carbocycles. The van der Waals surface area contributed by atoms with Gasteiger partial charge in [-0.3, -0.25) is 0 Å². The van der Waals surface area contributed by atoms with Crippen molar-refractivity contribution in [1.82, 2.24) is 0 Å². The van der Waals surface area contributed by atoms with Crippen LogP contribution in [0.2, 0.25) is 0 Å². The van der Waals surface area contributed by atoms with Crippen molar-refractivity contribution in [3.05, 3.63) is 0 Å². The highest BCUT2D eigenvalue weighted by molar-refractivity contribution is 5.05. The Morgan fingerprint density at radius 1 is 1.18 bits per heavy atom. The Kier molecular flexibility index (Phi) is 1.32. The first-order valence-electron chi connectivity index (χ1n) is 4.18. The molecule has 3 heteroatoms. The summed E-state index contributed by atoms with van der Waals surface area (Å²) in [6.07, 6.45) is 2.60. The van der Waals surface area contributed by atoms with Crippen molar-refractivity contribution < 1.29 is 8.78 Å². The molecule has 1 nitrogen and oxygen atoms in total. The second kappa shape index (κ2) is 1.94. The van der Waals surface area contributed by atoms with Crippen LogP contribution in [0.4, 0.5) is 8.78 Å². The van der Waals surface area contributed by atoms with Gasteiger partial charge in [0.1, 0.15) is 0 Å². The molecule has 2 saturated carbocycles. The van der Waals surface area contributed by atoms with E-state index in [9.17, 15) is 8.78 Å². The maximum atomic E-state index is 12.8. The number of halogens is 2. The predicted molar refractivity (Wildman–Crippen MR) is 38.4 cm³/mol. The van der Waals surface area contributed by atoms with E-state index in [-0.39, 0.29) is 24.3 Å². The third-order valence-corrected chi connectivity index (χ3v) is 3.34. The van der Waals surface area contributed by atoms with E-state index in [1.165, 1.54) is 0 Å². The summed E-state index contributed by atoms with van der Waals surface area (Å²) in [5, 5.41) is 0. The second-order valence-electron chi connectivity index (χ2n) is 4.04. The quantitative estimate of drug-likeness (QED) is 0.577. The van der Waals surface area contributed by atoms with Gasteiger partial charge in [0.15, 0.2) is 0 Å². The van der Waals surface area contributed by atoms with Crippen LogP contribution >= 0.6 is 0 Å². The number of hydrogen-bond acceptors (Lipinski definition) is 1. The van der Waals surface area contributed by atoms with Gasteiger partial charge in [0.2, 0.25) is 5.92 Å². The molecule has 0 aliphatic heterocycles. The summed E-state index contributed by atoms with van der Waals surface area (Å²) in [7, 11) is 0. The zero-order chi connectivity index (χ0) is 8.11. The Labute approximate surface area is 65.0 Å². The van der Waals surface area contributed by atoms with Crippen LogP contribution in [0.5, 0.6) is 0 Å². The van der Waals surface area contributed by atoms with E-state index in [0.717, 1.165) is 12.8 Å². The first-order valence-corrected chi connectivity index (χ1v) is 4.18. The van der Waals surface area contributed by atoms with Gasteiger partial charge in [-0.25, -0.2) is 8.78 Å². The maximum Gasteiger partial charge on any atom is 0.248 e. The summed E-state index contributed by atoms with van der Waals surface area (Å²) in [5.74, 6) is -2.42. The molecule has 2 fully saturated rings. The molecular formula is C8H13F2N. The molecule has 0 bridgehead atoms. The Hall–Kier alpha value is -0.180. The molecule has 0 saturated heterocycles. The molecule has 11 heavy (non-hydrogen) atoms. The molecule has 0 aromatic heterocycles. The molecule has 64 valence electrons. The van der Waals surface area contributed by atoms with Gasteiger partial charge < -0.3 is 5.73 Å². The fourth-order valence-electron chi connectivity index (χ4n) is 2.37. The largest absolute Gasteiger partial charge is 0.327 e. The van der Waals surface area contributed by atoms with E-state index in [1.54, 1.807) is 0 Å². The zero-order valence-corrected chi connectivity index (χ0v) is 6.45. The highest BCUT2D eigenvalue weighted by Crippen LogP contribution is 2.57. The van der Waals surface area contributed by atoms with Crippen LogP contribution in [0, 0.1) is 5.41 Å². The van der Waals surface area contributed by atoms with Gasteiger partial charge in [0, 0.05) is 18.9 Å². The topological polar surface area (TPSA) is 26.0 Å². The average molecular weight is 161 g/mol. The van der Waals surface area contributed by atoms with Crippen molar-refractivity contribution in [2.75, 3.05) is 0 Å². The number of alkyl halides is 2. The van der Waals surface area contributed by atoms with Crippen LogP contribution in [0.15, 0.2) is 0 Å². The first-order chi connectivity index (χ1) is 5.04.